The molecule has 4 heteroatoms. The van der Waals surface area contributed by atoms with E-state index >= 15 is 0 Å². The third-order valence-electron chi connectivity index (χ3n) is 3.97. The summed E-state index contributed by atoms with van der Waals surface area (Å²) in [6.45, 7) is 2.38. The van der Waals surface area contributed by atoms with Crippen LogP contribution in [-0.2, 0) is 6.54 Å². The van der Waals surface area contributed by atoms with Gasteiger partial charge in [-0.2, -0.15) is 0 Å². The van der Waals surface area contributed by atoms with Crippen molar-refractivity contribution in [3.63, 3.8) is 0 Å². The predicted octanol–water partition coefficient (Wildman–Crippen LogP) is 3.28. The highest BCUT2D eigenvalue weighted by Crippen LogP contribution is 2.20. The van der Waals surface area contributed by atoms with E-state index < -0.39 is 5.56 Å². The molecule has 0 aliphatic carbocycles. The van der Waals surface area contributed by atoms with Crippen LogP contribution in [0.3, 0.4) is 0 Å². The molecule has 120 valence electrons. The van der Waals surface area contributed by atoms with Gasteiger partial charge in [0.1, 0.15) is 5.56 Å². The van der Waals surface area contributed by atoms with E-state index in [1.165, 1.54) is 0 Å². The molecule has 0 aliphatic rings. The number of aromatic amines is 1. The van der Waals surface area contributed by atoms with E-state index in [1.807, 2.05) is 61.5 Å². The summed E-state index contributed by atoms with van der Waals surface area (Å²) < 4.78 is 0. The van der Waals surface area contributed by atoms with E-state index in [9.17, 15) is 9.59 Å². The Kier molecular flexibility index (Phi) is 4.57. The fourth-order valence-corrected chi connectivity index (χ4v) is 2.63. The van der Waals surface area contributed by atoms with Crippen LogP contribution in [0.5, 0.6) is 0 Å². The third-order valence-corrected chi connectivity index (χ3v) is 3.97. The number of aromatic nitrogens is 1. The van der Waals surface area contributed by atoms with Crippen molar-refractivity contribution in [2.75, 3.05) is 0 Å². The summed E-state index contributed by atoms with van der Waals surface area (Å²) in [5, 5.41) is 2.85. The first-order valence-electron chi connectivity index (χ1n) is 7.76. The lowest BCUT2D eigenvalue weighted by Crippen LogP contribution is -2.30. The molecule has 3 aromatic rings. The first-order chi connectivity index (χ1) is 11.7. The number of carbonyl (C=O) groups excluding carboxylic acids is 1. The molecule has 0 fully saturated rings. The number of H-pyrrole nitrogens is 1. The second kappa shape index (κ2) is 6.96. The second-order valence-corrected chi connectivity index (χ2v) is 5.57. The van der Waals surface area contributed by atoms with E-state index in [1.54, 1.807) is 12.3 Å². The third kappa shape index (κ3) is 3.27. The molecular weight excluding hydrogens is 300 g/mol. The number of rotatable bonds is 4. The topological polar surface area (TPSA) is 62.0 Å². The van der Waals surface area contributed by atoms with E-state index in [0.29, 0.717) is 12.1 Å². The van der Waals surface area contributed by atoms with E-state index in [0.717, 1.165) is 16.7 Å². The summed E-state index contributed by atoms with van der Waals surface area (Å²) >= 11 is 0. The summed E-state index contributed by atoms with van der Waals surface area (Å²) in [7, 11) is 0. The lowest BCUT2D eigenvalue weighted by Gasteiger charge is -2.11. The molecule has 0 atom stereocenters. The quantitative estimate of drug-likeness (QED) is 0.775. The Bertz CT molecular complexity index is 914. The summed E-state index contributed by atoms with van der Waals surface area (Å²) in [6.07, 6.45) is 1.56. The van der Waals surface area contributed by atoms with Gasteiger partial charge in [-0.3, -0.25) is 9.59 Å². The zero-order valence-electron chi connectivity index (χ0n) is 13.4. The van der Waals surface area contributed by atoms with Gasteiger partial charge in [-0.15, -0.1) is 0 Å². The highest BCUT2D eigenvalue weighted by molar-refractivity contribution is 6.00. The van der Waals surface area contributed by atoms with Crippen molar-refractivity contribution in [1.82, 2.24) is 10.3 Å². The molecule has 0 unspecified atom stereocenters. The SMILES string of the molecule is Cc1ccccc1CNC(=O)c1c(-c2ccccc2)cc[nH]c1=O. The predicted molar refractivity (Wildman–Crippen MR) is 94.8 cm³/mol. The largest absolute Gasteiger partial charge is 0.348 e. The minimum absolute atomic E-state index is 0.136. The van der Waals surface area contributed by atoms with Crippen LogP contribution in [0.1, 0.15) is 21.5 Å². The van der Waals surface area contributed by atoms with Crippen LogP contribution in [-0.4, -0.2) is 10.9 Å². The lowest BCUT2D eigenvalue weighted by molar-refractivity contribution is 0.0950. The maximum atomic E-state index is 12.6. The van der Waals surface area contributed by atoms with Crippen LogP contribution in [0.4, 0.5) is 0 Å². The molecule has 1 heterocycles. The van der Waals surface area contributed by atoms with Crippen LogP contribution in [0.15, 0.2) is 71.7 Å². The Morgan fingerprint density at radius 1 is 1.00 bits per heavy atom. The van der Waals surface area contributed by atoms with Gasteiger partial charge in [0.2, 0.25) is 0 Å². The summed E-state index contributed by atoms with van der Waals surface area (Å²) in [6, 6.07) is 19.0. The van der Waals surface area contributed by atoms with Crippen molar-refractivity contribution in [2.24, 2.45) is 0 Å². The zero-order valence-corrected chi connectivity index (χ0v) is 13.4. The van der Waals surface area contributed by atoms with Crippen molar-refractivity contribution >= 4 is 5.91 Å². The van der Waals surface area contributed by atoms with Crippen LogP contribution >= 0.6 is 0 Å². The molecule has 0 saturated heterocycles. The number of pyridine rings is 1. The molecule has 4 nitrogen and oxygen atoms in total. The van der Waals surface area contributed by atoms with E-state index in [4.69, 9.17) is 0 Å². The lowest BCUT2D eigenvalue weighted by atomic mass is 10.0. The Hall–Kier alpha value is -3.14. The van der Waals surface area contributed by atoms with Crippen molar-refractivity contribution in [2.45, 2.75) is 13.5 Å². The minimum Gasteiger partial charge on any atom is -0.348 e. The number of hydrogen-bond donors (Lipinski definition) is 2. The Balaban J connectivity index is 1.90. The van der Waals surface area contributed by atoms with Crippen LogP contribution in [0, 0.1) is 6.92 Å². The maximum Gasteiger partial charge on any atom is 0.261 e. The Labute approximate surface area is 140 Å². The monoisotopic (exact) mass is 318 g/mol. The van der Waals surface area contributed by atoms with Gasteiger partial charge in [0.25, 0.3) is 11.5 Å². The van der Waals surface area contributed by atoms with E-state index in [2.05, 4.69) is 10.3 Å². The van der Waals surface area contributed by atoms with Crippen LogP contribution in [0.2, 0.25) is 0 Å². The van der Waals surface area contributed by atoms with Crippen molar-refractivity contribution < 1.29 is 4.79 Å². The standard InChI is InChI=1S/C20H18N2O2/c1-14-7-5-6-10-16(14)13-22-20(24)18-17(11-12-21-19(18)23)15-8-3-2-4-9-15/h2-12H,13H2,1H3,(H,21,23)(H,22,24). The molecule has 0 radical (unpaired) electrons. The van der Waals surface area contributed by atoms with Crippen LogP contribution in [0.25, 0.3) is 11.1 Å². The molecular formula is C20H18N2O2. The number of carbonyl (C=O) groups is 1. The van der Waals surface area contributed by atoms with Gasteiger partial charge >= 0.3 is 0 Å². The highest BCUT2D eigenvalue weighted by Gasteiger charge is 2.16. The fourth-order valence-electron chi connectivity index (χ4n) is 2.63. The molecule has 0 aliphatic heterocycles. The highest BCUT2D eigenvalue weighted by atomic mass is 16.2. The van der Waals surface area contributed by atoms with Gasteiger partial charge in [0.05, 0.1) is 0 Å². The van der Waals surface area contributed by atoms with Gasteiger partial charge in [-0.05, 0) is 29.7 Å². The molecule has 3 rings (SSSR count). The van der Waals surface area contributed by atoms with Gasteiger partial charge < -0.3 is 10.3 Å². The fraction of sp³-hybridized carbons (Fsp3) is 0.100. The molecule has 0 saturated carbocycles. The second-order valence-electron chi connectivity index (χ2n) is 5.57. The first-order valence-corrected chi connectivity index (χ1v) is 7.76. The van der Waals surface area contributed by atoms with Gasteiger partial charge in [0, 0.05) is 18.3 Å². The maximum absolute atomic E-state index is 12.6. The van der Waals surface area contributed by atoms with Crippen LogP contribution < -0.4 is 10.9 Å². The molecule has 1 aromatic heterocycles. The minimum atomic E-state index is -0.390. The Morgan fingerprint density at radius 2 is 1.71 bits per heavy atom. The van der Waals surface area contributed by atoms with Crippen molar-refractivity contribution in [1.29, 1.82) is 0 Å². The van der Waals surface area contributed by atoms with Gasteiger partial charge in [0.15, 0.2) is 0 Å². The molecule has 0 spiro atoms. The van der Waals surface area contributed by atoms with E-state index in [-0.39, 0.29) is 11.5 Å². The summed E-state index contributed by atoms with van der Waals surface area (Å²) in [4.78, 5) is 27.4. The number of benzene rings is 2. The number of nitrogens with one attached hydrogen (secondary N) is 2. The van der Waals surface area contributed by atoms with Crippen molar-refractivity contribution in [3.05, 3.63) is 93.9 Å². The number of hydrogen-bond acceptors (Lipinski definition) is 2. The summed E-state index contributed by atoms with van der Waals surface area (Å²) in [5.74, 6) is -0.376. The molecule has 24 heavy (non-hydrogen) atoms. The Morgan fingerprint density at radius 3 is 2.46 bits per heavy atom. The van der Waals surface area contributed by atoms with Crippen molar-refractivity contribution in [3.8, 4) is 11.1 Å². The average molecular weight is 318 g/mol. The first kappa shape index (κ1) is 15.7. The molecule has 1 amide bonds. The zero-order chi connectivity index (χ0) is 16.9. The normalized spacial score (nSPS) is 10.4. The van der Waals surface area contributed by atoms with Gasteiger partial charge in [-0.25, -0.2) is 0 Å². The van der Waals surface area contributed by atoms with Gasteiger partial charge in [-0.1, -0.05) is 54.6 Å². The summed E-state index contributed by atoms with van der Waals surface area (Å²) in [5.41, 5.74) is 3.34. The number of amides is 1. The molecule has 0 bridgehead atoms. The smallest absolute Gasteiger partial charge is 0.261 e. The number of aryl methyl sites for hydroxylation is 1. The molecule has 2 aromatic carbocycles. The average Bonchev–Trinajstić information content (AvgIpc) is 2.61. The molecule has 2 N–H and O–H groups in total.